The average Bonchev–Trinajstić information content (AvgIpc) is 2.74. The van der Waals surface area contributed by atoms with Crippen molar-refractivity contribution in [1.82, 2.24) is 4.90 Å². The molecule has 0 bridgehead atoms. The van der Waals surface area contributed by atoms with Gasteiger partial charge in [0.2, 0.25) is 0 Å². The van der Waals surface area contributed by atoms with Crippen molar-refractivity contribution in [3.8, 4) is 0 Å². The molecule has 70 valence electrons. The van der Waals surface area contributed by atoms with Crippen molar-refractivity contribution in [3.05, 3.63) is 0 Å². The summed E-state index contributed by atoms with van der Waals surface area (Å²) in [5.41, 5.74) is 5.64. The molecule has 2 aliphatic rings. The normalized spacial score (nSPS) is 37.8. The summed E-state index contributed by atoms with van der Waals surface area (Å²) in [5, 5.41) is 0. The Kier molecular flexibility index (Phi) is 2.63. The van der Waals surface area contributed by atoms with Gasteiger partial charge in [0.25, 0.3) is 0 Å². The lowest BCUT2D eigenvalue weighted by Gasteiger charge is -2.26. The zero-order chi connectivity index (χ0) is 8.39. The van der Waals surface area contributed by atoms with Gasteiger partial charge in [-0.05, 0) is 32.4 Å². The number of hydrogen-bond acceptors (Lipinski definition) is 3. The summed E-state index contributed by atoms with van der Waals surface area (Å²) >= 11 is 0. The van der Waals surface area contributed by atoms with Gasteiger partial charge >= 0.3 is 0 Å². The summed E-state index contributed by atoms with van der Waals surface area (Å²) in [5.74, 6) is 0. The zero-order valence-electron chi connectivity index (χ0n) is 7.54. The highest BCUT2D eigenvalue weighted by Gasteiger charge is 2.33. The molecule has 0 saturated carbocycles. The zero-order valence-corrected chi connectivity index (χ0v) is 7.54. The molecule has 0 amide bonds. The number of rotatable bonds is 2. The van der Waals surface area contributed by atoms with Crippen molar-refractivity contribution in [2.45, 2.75) is 31.4 Å². The highest BCUT2D eigenvalue weighted by molar-refractivity contribution is 4.87. The second-order valence-corrected chi connectivity index (χ2v) is 3.74. The molecule has 2 saturated heterocycles. The fourth-order valence-electron chi connectivity index (χ4n) is 2.35. The van der Waals surface area contributed by atoms with Crippen LogP contribution in [0.5, 0.6) is 0 Å². The molecular weight excluding hydrogens is 152 g/mol. The molecule has 2 rings (SSSR count). The van der Waals surface area contributed by atoms with Crippen LogP contribution >= 0.6 is 0 Å². The van der Waals surface area contributed by atoms with Crippen LogP contribution in [0.2, 0.25) is 0 Å². The molecular formula is C9H18N2O. The van der Waals surface area contributed by atoms with Gasteiger partial charge in [0, 0.05) is 19.2 Å². The van der Waals surface area contributed by atoms with E-state index in [0.29, 0.717) is 18.7 Å². The van der Waals surface area contributed by atoms with E-state index in [2.05, 4.69) is 4.90 Å². The van der Waals surface area contributed by atoms with Crippen LogP contribution in [0, 0.1) is 0 Å². The van der Waals surface area contributed by atoms with Gasteiger partial charge in [-0.3, -0.25) is 4.90 Å². The van der Waals surface area contributed by atoms with Crippen molar-refractivity contribution in [1.29, 1.82) is 0 Å². The van der Waals surface area contributed by atoms with Gasteiger partial charge in [-0.2, -0.15) is 0 Å². The molecule has 12 heavy (non-hydrogen) atoms. The van der Waals surface area contributed by atoms with Crippen LogP contribution in [0.1, 0.15) is 19.3 Å². The molecule has 0 aromatic carbocycles. The highest BCUT2D eigenvalue weighted by atomic mass is 16.5. The third-order valence-electron chi connectivity index (χ3n) is 3.02. The molecule has 2 atom stereocenters. The number of nitrogens with zero attached hydrogens (tertiary/aromatic N) is 1. The number of hydrogen-bond donors (Lipinski definition) is 1. The third kappa shape index (κ3) is 1.49. The predicted molar refractivity (Wildman–Crippen MR) is 48.0 cm³/mol. The Hall–Kier alpha value is -0.120. The maximum Gasteiger partial charge on any atom is 0.0852 e. The minimum Gasteiger partial charge on any atom is -0.375 e. The molecule has 3 heteroatoms. The minimum atomic E-state index is 0.308. The Morgan fingerprint density at radius 1 is 1.33 bits per heavy atom. The van der Waals surface area contributed by atoms with Gasteiger partial charge in [-0.1, -0.05) is 0 Å². The topological polar surface area (TPSA) is 38.5 Å². The van der Waals surface area contributed by atoms with E-state index in [9.17, 15) is 0 Å². The van der Waals surface area contributed by atoms with Crippen LogP contribution in [0.15, 0.2) is 0 Å². The third-order valence-corrected chi connectivity index (χ3v) is 3.02. The summed E-state index contributed by atoms with van der Waals surface area (Å²) in [6.07, 6.45) is 4.20. The van der Waals surface area contributed by atoms with E-state index in [0.717, 1.165) is 6.61 Å². The Labute approximate surface area is 73.9 Å². The first-order valence-electron chi connectivity index (χ1n) is 4.97. The van der Waals surface area contributed by atoms with Gasteiger partial charge in [0.05, 0.1) is 6.10 Å². The molecule has 0 radical (unpaired) electrons. The lowest BCUT2D eigenvalue weighted by atomic mass is 10.1. The molecule has 0 aromatic rings. The Morgan fingerprint density at radius 3 is 2.75 bits per heavy atom. The molecule has 0 aliphatic carbocycles. The fraction of sp³-hybridized carbons (Fsp3) is 1.00. The van der Waals surface area contributed by atoms with E-state index in [4.69, 9.17) is 10.5 Å². The monoisotopic (exact) mass is 170 g/mol. The standard InChI is InChI=1S/C9H18N2O/c10-7-9-8(3-6-12-9)11-4-1-2-5-11/h8-9H,1-7,10H2/t8-,9-/m1/s1. The van der Waals surface area contributed by atoms with Gasteiger partial charge in [-0.15, -0.1) is 0 Å². The molecule has 3 nitrogen and oxygen atoms in total. The molecule has 0 spiro atoms. The summed E-state index contributed by atoms with van der Waals surface area (Å²) in [6.45, 7) is 4.10. The highest BCUT2D eigenvalue weighted by Crippen LogP contribution is 2.22. The fourth-order valence-corrected chi connectivity index (χ4v) is 2.35. The largest absolute Gasteiger partial charge is 0.375 e. The molecule has 2 aliphatic heterocycles. The minimum absolute atomic E-state index is 0.308. The van der Waals surface area contributed by atoms with E-state index < -0.39 is 0 Å². The maximum atomic E-state index is 5.64. The summed E-state index contributed by atoms with van der Waals surface area (Å²) in [6, 6.07) is 0.623. The quantitative estimate of drug-likeness (QED) is 0.643. The van der Waals surface area contributed by atoms with Crippen molar-refractivity contribution >= 4 is 0 Å². The van der Waals surface area contributed by atoms with Crippen LogP contribution in [-0.4, -0.2) is 43.3 Å². The Bertz CT molecular complexity index is 145. The SMILES string of the molecule is NC[C@H]1OCC[C@H]1N1CCCC1. The van der Waals surface area contributed by atoms with Gasteiger partial charge < -0.3 is 10.5 Å². The van der Waals surface area contributed by atoms with Gasteiger partial charge in [0.1, 0.15) is 0 Å². The lowest BCUT2D eigenvalue weighted by molar-refractivity contribution is 0.0755. The second-order valence-electron chi connectivity index (χ2n) is 3.74. The number of ether oxygens (including phenoxy) is 1. The van der Waals surface area contributed by atoms with Crippen LogP contribution < -0.4 is 5.73 Å². The molecule has 0 unspecified atom stereocenters. The van der Waals surface area contributed by atoms with E-state index >= 15 is 0 Å². The van der Waals surface area contributed by atoms with Gasteiger partial charge in [0.15, 0.2) is 0 Å². The van der Waals surface area contributed by atoms with E-state index in [1.165, 1.54) is 32.4 Å². The second kappa shape index (κ2) is 3.73. The van der Waals surface area contributed by atoms with Crippen LogP contribution in [0.25, 0.3) is 0 Å². The van der Waals surface area contributed by atoms with Crippen LogP contribution in [0.4, 0.5) is 0 Å². The van der Waals surface area contributed by atoms with E-state index in [1.807, 2.05) is 0 Å². The van der Waals surface area contributed by atoms with Crippen LogP contribution in [-0.2, 0) is 4.74 Å². The molecule has 2 heterocycles. The van der Waals surface area contributed by atoms with Crippen molar-refractivity contribution in [2.24, 2.45) is 5.73 Å². The smallest absolute Gasteiger partial charge is 0.0852 e. The van der Waals surface area contributed by atoms with E-state index in [-0.39, 0.29) is 0 Å². The molecule has 2 N–H and O–H groups in total. The summed E-state index contributed by atoms with van der Waals surface area (Å²) < 4.78 is 5.56. The average molecular weight is 170 g/mol. The molecule has 2 fully saturated rings. The first-order chi connectivity index (χ1) is 5.92. The predicted octanol–water partition coefficient (Wildman–Crippen LogP) is 0.198. The van der Waals surface area contributed by atoms with Crippen molar-refractivity contribution in [3.63, 3.8) is 0 Å². The number of nitrogens with two attached hydrogens (primary N) is 1. The first kappa shape index (κ1) is 8.48. The Balaban J connectivity index is 1.92. The molecule has 0 aromatic heterocycles. The van der Waals surface area contributed by atoms with Crippen molar-refractivity contribution in [2.75, 3.05) is 26.2 Å². The summed E-state index contributed by atoms with van der Waals surface area (Å²) in [4.78, 5) is 2.55. The van der Waals surface area contributed by atoms with Gasteiger partial charge in [-0.25, -0.2) is 0 Å². The van der Waals surface area contributed by atoms with Crippen LogP contribution in [0.3, 0.4) is 0 Å². The Morgan fingerprint density at radius 2 is 2.08 bits per heavy atom. The number of likely N-dealkylation sites (tertiary alicyclic amines) is 1. The van der Waals surface area contributed by atoms with Crippen molar-refractivity contribution < 1.29 is 4.74 Å². The van der Waals surface area contributed by atoms with E-state index in [1.54, 1.807) is 0 Å². The summed E-state index contributed by atoms with van der Waals surface area (Å²) in [7, 11) is 0. The maximum absolute atomic E-state index is 5.64. The lowest BCUT2D eigenvalue weighted by Crippen LogP contribution is -2.42. The first-order valence-corrected chi connectivity index (χ1v) is 4.97.